The lowest BCUT2D eigenvalue weighted by atomic mass is 10.0. The van der Waals surface area contributed by atoms with Gasteiger partial charge in [-0.15, -0.1) is 0 Å². The summed E-state index contributed by atoms with van der Waals surface area (Å²) in [4.78, 5) is 6.87. The van der Waals surface area contributed by atoms with E-state index in [1.807, 2.05) is 0 Å². The molecule has 0 bridgehead atoms. The van der Waals surface area contributed by atoms with Crippen LogP contribution < -0.4 is 5.73 Å². The van der Waals surface area contributed by atoms with Crippen molar-refractivity contribution in [3.8, 4) is 11.5 Å². The molecule has 2 heterocycles. The second kappa shape index (κ2) is 6.37. The van der Waals surface area contributed by atoms with Crippen molar-refractivity contribution in [2.24, 2.45) is 5.73 Å². The van der Waals surface area contributed by atoms with E-state index in [0.717, 1.165) is 30.8 Å². The van der Waals surface area contributed by atoms with E-state index in [1.165, 1.54) is 25.0 Å². The van der Waals surface area contributed by atoms with Gasteiger partial charge in [-0.3, -0.25) is 4.90 Å². The number of aromatic nitrogens is 1. The molecule has 3 rings (SSSR count). The first-order valence-electron chi connectivity index (χ1n) is 7.41. The molecule has 5 heteroatoms. The van der Waals surface area contributed by atoms with Gasteiger partial charge in [-0.05, 0) is 43.7 Å². The number of rotatable bonds is 4. The third-order valence-electron chi connectivity index (χ3n) is 4.03. The lowest BCUT2D eigenvalue weighted by Crippen LogP contribution is -2.43. The summed E-state index contributed by atoms with van der Waals surface area (Å²) in [6, 6.07) is 6.61. The molecular weight excluding hydrogens is 269 g/mol. The number of hydrogen-bond acceptors (Lipinski definition) is 4. The van der Waals surface area contributed by atoms with Crippen LogP contribution in [-0.2, 0) is 6.54 Å². The molecule has 0 aliphatic carbocycles. The Morgan fingerprint density at radius 2 is 2.10 bits per heavy atom. The minimum absolute atomic E-state index is 0.260. The van der Waals surface area contributed by atoms with Gasteiger partial charge in [-0.25, -0.2) is 9.37 Å². The Labute approximate surface area is 123 Å². The smallest absolute Gasteiger partial charge is 0.226 e. The monoisotopic (exact) mass is 289 g/mol. The first kappa shape index (κ1) is 14.2. The van der Waals surface area contributed by atoms with Crippen molar-refractivity contribution in [1.82, 2.24) is 9.88 Å². The van der Waals surface area contributed by atoms with Crippen molar-refractivity contribution in [3.63, 3.8) is 0 Å². The summed E-state index contributed by atoms with van der Waals surface area (Å²) in [5.41, 5.74) is 7.52. The summed E-state index contributed by atoms with van der Waals surface area (Å²) < 4.78 is 18.4. The van der Waals surface area contributed by atoms with Gasteiger partial charge in [0.2, 0.25) is 5.89 Å². The highest BCUT2D eigenvalue weighted by atomic mass is 19.1. The second-order valence-corrected chi connectivity index (χ2v) is 5.51. The molecule has 112 valence electrons. The van der Waals surface area contributed by atoms with Crippen molar-refractivity contribution >= 4 is 0 Å². The van der Waals surface area contributed by atoms with Gasteiger partial charge >= 0.3 is 0 Å². The van der Waals surface area contributed by atoms with Crippen LogP contribution in [0, 0.1) is 5.82 Å². The van der Waals surface area contributed by atoms with Crippen molar-refractivity contribution in [1.29, 1.82) is 0 Å². The number of halogens is 1. The van der Waals surface area contributed by atoms with E-state index in [4.69, 9.17) is 10.2 Å². The van der Waals surface area contributed by atoms with Crippen LogP contribution in [0.5, 0.6) is 0 Å². The summed E-state index contributed by atoms with van der Waals surface area (Å²) in [6.45, 7) is 2.50. The van der Waals surface area contributed by atoms with Crippen molar-refractivity contribution in [2.75, 3.05) is 13.1 Å². The molecule has 2 aromatic rings. The molecule has 1 aromatic heterocycles. The van der Waals surface area contributed by atoms with Crippen LogP contribution in [0.1, 0.15) is 25.0 Å². The van der Waals surface area contributed by atoms with E-state index in [1.54, 1.807) is 18.4 Å². The Morgan fingerprint density at radius 3 is 2.86 bits per heavy atom. The quantitative estimate of drug-likeness (QED) is 0.940. The summed E-state index contributed by atoms with van der Waals surface area (Å²) in [5.74, 6) is 0.274. The first-order valence-corrected chi connectivity index (χ1v) is 7.41. The number of oxazole rings is 1. The highest BCUT2D eigenvalue weighted by molar-refractivity contribution is 5.52. The fourth-order valence-corrected chi connectivity index (χ4v) is 2.85. The third kappa shape index (κ3) is 3.31. The van der Waals surface area contributed by atoms with E-state index >= 15 is 0 Å². The number of piperidine rings is 1. The molecule has 1 aliphatic rings. The number of likely N-dealkylation sites (tertiary alicyclic amines) is 1. The second-order valence-electron chi connectivity index (χ2n) is 5.51. The van der Waals surface area contributed by atoms with Crippen LogP contribution in [0.4, 0.5) is 4.39 Å². The maximum absolute atomic E-state index is 12.9. The molecule has 0 radical (unpaired) electrons. The molecule has 1 unspecified atom stereocenters. The molecule has 2 N–H and O–H groups in total. The largest absolute Gasteiger partial charge is 0.444 e. The molecule has 1 aliphatic heterocycles. The highest BCUT2D eigenvalue weighted by Crippen LogP contribution is 2.22. The molecule has 1 aromatic carbocycles. The fourth-order valence-electron chi connectivity index (χ4n) is 2.85. The average Bonchev–Trinajstić information content (AvgIpc) is 2.97. The Morgan fingerprint density at radius 1 is 1.29 bits per heavy atom. The van der Waals surface area contributed by atoms with Crippen molar-refractivity contribution in [2.45, 2.75) is 31.8 Å². The van der Waals surface area contributed by atoms with E-state index in [-0.39, 0.29) is 5.82 Å². The Kier molecular flexibility index (Phi) is 4.31. The molecule has 0 amide bonds. The Bertz CT molecular complexity index is 581. The molecule has 1 saturated heterocycles. The van der Waals surface area contributed by atoms with Gasteiger partial charge in [0.25, 0.3) is 0 Å². The van der Waals surface area contributed by atoms with Gasteiger partial charge in [0.15, 0.2) is 0 Å². The van der Waals surface area contributed by atoms with Crippen LogP contribution in [0.15, 0.2) is 34.9 Å². The molecule has 1 fully saturated rings. The van der Waals surface area contributed by atoms with Gasteiger partial charge in [0, 0.05) is 24.7 Å². The van der Waals surface area contributed by atoms with Crippen LogP contribution in [0.2, 0.25) is 0 Å². The van der Waals surface area contributed by atoms with Crippen LogP contribution in [-0.4, -0.2) is 29.0 Å². The minimum Gasteiger partial charge on any atom is -0.444 e. The number of nitrogens with zero attached hydrogens (tertiary/aromatic N) is 2. The number of benzene rings is 1. The highest BCUT2D eigenvalue weighted by Gasteiger charge is 2.22. The normalized spacial score (nSPS) is 19.8. The predicted octanol–water partition coefficient (Wildman–Crippen LogP) is 2.79. The first-order chi connectivity index (χ1) is 10.3. The standard InChI is InChI=1S/C16H20FN3O/c17-13-6-4-12(5-7-13)16-19-14(11-21-16)10-20-8-2-1-3-15(20)9-18/h4-7,11,15H,1-3,8-10,18H2. The summed E-state index contributed by atoms with van der Waals surface area (Å²) in [7, 11) is 0. The zero-order valence-corrected chi connectivity index (χ0v) is 12.0. The lowest BCUT2D eigenvalue weighted by molar-refractivity contribution is 0.143. The summed E-state index contributed by atoms with van der Waals surface area (Å²) in [6.07, 6.45) is 5.29. The Hall–Kier alpha value is -1.72. The van der Waals surface area contributed by atoms with Crippen LogP contribution in [0.25, 0.3) is 11.5 Å². The minimum atomic E-state index is -0.260. The summed E-state index contributed by atoms with van der Waals surface area (Å²) >= 11 is 0. The number of nitrogens with two attached hydrogens (primary N) is 1. The fraction of sp³-hybridized carbons (Fsp3) is 0.438. The van der Waals surface area contributed by atoms with Gasteiger partial charge in [-0.1, -0.05) is 6.42 Å². The molecule has 0 saturated carbocycles. The SMILES string of the molecule is NCC1CCCCN1Cc1coc(-c2ccc(F)cc2)n1. The summed E-state index contributed by atoms with van der Waals surface area (Å²) in [5, 5.41) is 0. The van der Waals surface area contributed by atoms with E-state index in [9.17, 15) is 4.39 Å². The maximum Gasteiger partial charge on any atom is 0.226 e. The topological polar surface area (TPSA) is 55.3 Å². The molecule has 21 heavy (non-hydrogen) atoms. The van der Waals surface area contributed by atoms with Crippen molar-refractivity contribution in [3.05, 3.63) is 42.0 Å². The number of hydrogen-bond donors (Lipinski definition) is 1. The van der Waals surface area contributed by atoms with Crippen LogP contribution in [0.3, 0.4) is 0 Å². The molecule has 0 spiro atoms. The van der Waals surface area contributed by atoms with Crippen LogP contribution >= 0.6 is 0 Å². The zero-order chi connectivity index (χ0) is 14.7. The predicted molar refractivity (Wildman–Crippen MR) is 79.0 cm³/mol. The molecular formula is C16H20FN3O. The van der Waals surface area contributed by atoms with Gasteiger partial charge in [0.05, 0.1) is 5.69 Å². The third-order valence-corrected chi connectivity index (χ3v) is 4.03. The van der Waals surface area contributed by atoms with Gasteiger partial charge < -0.3 is 10.2 Å². The lowest BCUT2D eigenvalue weighted by Gasteiger charge is -2.34. The Balaban J connectivity index is 1.71. The maximum atomic E-state index is 12.9. The molecule has 1 atom stereocenters. The van der Waals surface area contributed by atoms with Gasteiger partial charge in [-0.2, -0.15) is 0 Å². The van der Waals surface area contributed by atoms with Gasteiger partial charge in [0.1, 0.15) is 12.1 Å². The van der Waals surface area contributed by atoms with E-state index < -0.39 is 0 Å². The van der Waals surface area contributed by atoms with E-state index in [2.05, 4.69) is 9.88 Å². The molecule has 4 nitrogen and oxygen atoms in total. The average molecular weight is 289 g/mol. The van der Waals surface area contributed by atoms with Crippen molar-refractivity contribution < 1.29 is 8.81 Å². The zero-order valence-electron chi connectivity index (χ0n) is 12.0. The van der Waals surface area contributed by atoms with E-state index in [0.29, 0.717) is 18.5 Å².